The normalized spacial score (nSPS) is 12.3. The lowest BCUT2D eigenvalue weighted by atomic mass is 10.2. The zero-order chi connectivity index (χ0) is 21.9. The number of fused-ring (bicyclic) bond motifs is 1. The van der Waals surface area contributed by atoms with Crippen molar-refractivity contribution in [2.75, 3.05) is 6.26 Å². The summed E-state index contributed by atoms with van der Waals surface area (Å²) in [5.74, 6) is 1.95. The number of amides is 1. The van der Waals surface area contributed by atoms with Gasteiger partial charge in [-0.1, -0.05) is 17.3 Å². The Hall–Kier alpha value is -3.55. The minimum atomic E-state index is -3.37. The average Bonchev–Trinajstić information content (AvgIpc) is 3.02. The van der Waals surface area contributed by atoms with E-state index in [1.54, 1.807) is 10.6 Å². The van der Waals surface area contributed by atoms with E-state index in [-0.39, 0.29) is 17.1 Å². The van der Waals surface area contributed by atoms with Crippen molar-refractivity contribution < 1.29 is 18.1 Å². The van der Waals surface area contributed by atoms with Gasteiger partial charge in [0.25, 0.3) is 11.6 Å². The summed E-state index contributed by atoms with van der Waals surface area (Å²) < 4.78 is 25.9. The Morgan fingerprint density at radius 3 is 2.60 bits per heavy atom. The topological polar surface area (TPSA) is 112 Å². The van der Waals surface area contributed by atoms with Crippen LogP contribution in [0.5, 0.6) is 0 Å². The molecule has 2 aromatic carbocycles. The summed E-state index contributed by atoms with van der Waals surface area (Å²) >= 11 is 1.16. The van der Waals surface area contributed by atoms with Gasteiger partial charge in [0.15, 0.2) is 14.6 Å². The standard InChI is InChI=1S/C20H15N3O5S2/c1-3-12-22-17-10-9-16(30(2,27)28)13-18(17)29-20(22)21-19(24)11-6-14-4-7-15(8-5-14)23(25)26/h1,4-11,13H,12H2,2H3. The van der Waals surface area contributed by atoms with Crippen LogP contribution >= 0.6 is 11.3 Å². The number of non-ortho nitro benzene ring substituents is 1. The lowest BCUT2D eigenvalue weighted by Crippen LogP contribution is -2.15. The lowest BCUT2D eigenvalue weighted by Gasteiger charge is -2.01. The van der Waals surface area contributed by atoms with E-state index in [9.17, 15) is 23.3 Å². The van der Waals surface area contributed by atoms with Crippen LogP contribution in [0.25, 0.3) is 16.3 Å². The zero-order valence-corrected chi connectivity index (χ0v) is 17.3. The first-order valence-corrected chi connectivity index (χ1v) is 11.2. The molecule has 1 heterocycles. The maximum atomic E-state index is 12.3. The van der Waals surface area contributed by atoms with Crippen LogP contribution in [-0.4, -0.2) is 30.1 Å². The molecule has 1 amide bonds. The zero-order valence-electron chi connectivity index (χ0n) is 15.7. The second-order valence-corrected chi connectivity index (χ2v) is 9.23. The van der Waals surface area contributed by atoms with Crippen LogP contribution in [0.2, 0.25) is 0 Å². The first-order chi connectivity index (χ1) is 14.2. The first-order valence-electron chi connectivity index (χ1n) is 8.47. The molecular weight excluding hydrogens is 426 g/mol. The van der Waals surface area contributed by atoms with Crippen LogP contribution in [0.1, 0.15) is 5.56 Å². The van der Waals surface area contributed by atoms with Crippen molar-refractivity contribution in [3.63, 3.8) is 0 Å². The number of aromatic nitrogens is 1. The van der Waals surface area contributed by atoms with Crippen molar-refractivity contribution in [2.24, 2.45) is 4.99 Å². The molecule has 0 fully saturated rings. The van der Waals surface area contributed by atoms with Gasteiger partial charge in [-0.2, -0.15) is 4.99 Å². The van der Waals surface area contributed by atoms with Crippen LogP contribution in [0, 0.1) is 22.5 Å². The summed E-state index contributed by atoms with van der Waals surface area (Å²) in [4.78, 5) is 27.1. The molecule has 0 spiro atoms. The number of carbonyl (C=O) groups excluding carboxylic acids is 1. The minimum Gasteiger partial charge on any atom is -0.305 e. The maximum absolute atomic E-state index is 12.3. The Labute approximate surface area is 175 Å². The third kappa shape index (κ3) is 4.71. The molecule has 8 nitrogen and oxygen atoms in total. The molecule has 3 aromatic rings. The van der Waals surface area contributed by atoms with Gasteiger partial charge in [-0.25, -0.2) is 8.42 Å². The Kier molecular flexibility index (Phi) is 5.96. The van der Waals surface area contributed by atoms with Gasteiger partial charge >= 0.3 is 0 Å². The number of thiazole rings is 1. The predicted molar refractivity (Wildman–Crippen MR) is 114 cm³/mol. The SMILES string of the molecule is C#CCn1c(=NC(=O)C=Cc2ccc([N+](=O)[O-])cc2)sc2cc(S(C)(=O)=O)ccc21. The Bertz CT molecular complexity index is 1390. The number of terminal acetylenes is 1. The molecule has 30 heavy (non-hydrogen) atoms. The number of hydrogen-bond donors (Lipinski definition) is 0. The van der Waals surface area contributed by atoms with E-state index in [1.807, 2.05) is 0 Å². The fourth-order valence-corrected chi connectivity index (χ4v) is 4.42. The van der Waals surface area contributed by atoms with Crippen molar-refractivity contribution >= 4 is 49.1 Å². The molecular formula is C20H15N3O5S2. The number of carbonyl (C=O) groups is 1. The fraction of sp³-hybridized carbons (Fsp3) is 0.100. The minimum absolute atomic E-state index is 0.0442. The quantitative estimate of drug-likeness (QED) is 0.262. The van der Waals surface area contributed by atoms with E-state index in [0.29, 0.717) is 20.6 Å². The second-order valence-electron chi connectivity index (χ2n) is 6.21. The molecule has 0 saturated heterocycles. The fourth-order valence-electron chi connectivity index (χ4n) is 2.62. The molecule has 0 N–H and O–H groups in total. The summed E-state index contributed by atoms with van der Waals surface area (Å²) in [6, 6.07) is 10.4. The highest BCUT2D eigenvalue weighted by Crippen LogP contribution is 2.22. The third-order valence-corrected chi connectivity index (χ3v) is 6.21. The highest BCUT2D eigenvalue weighted by atomic mass is 32.2. The van der Waals surface area contributed by atoms with E-state index >= 15 is 0 Å². The molecule has 0 atom stereocenters. The Morgan fingerprint density at radius 2 is 2.00 bits per heavy atom. The van der Waals surface area contributed by atoms with Gasteiger partial charge in [-0.15, -0.1) is 6.42 Å². The lowest BCUT2D eigenvalue weighted by molar-refractivity contribution is -0.384. The smallest absolute Gasteiger partial charge is 0.272 e. The van der Waals surface area contributed by atoms with Crippen molar-refractivity contribution in [3.05, 3.63) is 69.0 Å². The van der Waals surface area contributed by atoms with Crippen LogP contribution in [0.15, 0.2) is 58.4 Å². The maximum Gasteiger partial charge on any atom is 0.272 e. The first kappa shape index (κ1) is 21.2. The molecule has 0 radical (unpaired) electrons. The van der Waals surface area contributed by atoms with Gasteiger partial charge in [0.2, 0.25) is 0 Å². The molecule has 152 valence electrons. The van der Waals surface area contributed by atoms with Crippen LogP contribution < -0.4 is 4.80 Å². The summed E-state index contributed by atoms with van der Waals surface area (Å²) in [5.41, 5.74) is 1.24. The number of nitrogens with zero attached hydrogens (tertiary/aromatic N) is 3. The number of nitro groups is 1. The average molecular weight is 441 g/mol. The van der Waals surface area contributed by atoms with Crippen LogP contribution in [-0.2, 0) is 21.2 Å². The summed E-state index contributed by atoms with van der Waals surface area (Å²) in [7, 11) is -3.37. The van der Waals surface area contributed by atoms with Gasteiger partial charge in [-0.05, 0) is 42.0 Å². The third-order valence-electron chi connectivity index (χ3n) is 4.06. The van der Waals surface area contributed by atoms with Crippen molar-refractivity contribution in [1.82, 2.24) is 4.57 Å². The molecule has 3 rings (SSSR count). The molecule has 0 unspecified atom stereocenters. The molecule has 0 saturated carbocycles. The number of sulfone groups is 1. The van der Waals surface area contributed by atoms with Crippen LogP contribution in [0.4, 0.5) is 5.69 Å². The van der Waals surface area contributed by atoms with Gasteiger partial charge in [0, 0.05) is 24.5 Å². The monoisotopic (exact) mass is 441 g/mol. The van der Waals surface area contributed by atoms with E-state index in [1.165, 1.54) is 48.6 Å². The van der Waals surface area contributed by atoms with E-state index in [2.05, 4.69) is 10.9 Å². The summed E-state index contributed by atoms with van der Waals surface area (Å²) in [6.07, 6.45) is 9.29. The molecule has 0 bridgehead atoms. The van der Waals surface area contributed by atoms with E-state index in [0.717, 1.165) is 17.6 Å². The number of hydrogen-bond acceptors (Lipinski definition) is 6. The Morgan fingerprint density at radius 1 is 1.30 bits per heavy atom. The molecule has 0 aliphatic rings. The Balaban J connectivity index is 1.97. The van der Waals surface area contributed by atoms with Crippen molar-refractivity contribution in [1.29, 1.82) is 0 Å². The second kappa shape index (κ2) is 8.44. The van der Waals surface area contributed by atoms with E-state index in [4.69, 9.17) is 6.42 Å². The highest BCUT2D eigenvalue weighted by molar-refractivity contribution is 7.90. The van der Waals surface area contributed by atoms with Gasteiger partial charge in [0.05, 0.1) is 26.6 Å². The molecule has 0 aliphatic carbocycles. The predicted octanol–water partition coefficient (Wildman–Crippen LogP) is 2.79. The van der Waals surface area contributed by atoms with Crippen LogP contribution in [0.3, 0.4) is 0 Å². The van der Waals surface area contributed by atoms with Gasteiger partial charge in [-0.3, -0.25) is 14.9 Å². The van der Waals surface area contributed by atoms with E-state index < -0.39 is 20.7 Å². The van der Waals surface area contributed by atoms with Gasteiger partial charge in [0.1, 0.15) is 0 Å². The molecule has 10 heteroatoms. The van der Waals surface area contributed by atoms with Gasteiger partial charge < -0.3 is 4.57 Å². The summed E-state index contributed by atoms with van der Waals surface area (Å²) in [5, 5.41) is 10.7. The number of benzene rings is 2. The van der Waals surface area contributed by atoms with Crippen molar-refractivity contribution in [2.45, 2.75) is 11.4 Å². The summed E-state index contributed by atoms with van der Waals surface area (Å²) in [6.45, 7) is 0.163. The number of nitro benzene ring substituents is 1. The molecule has 1 aromatic heterocycles. The number of rotatable bonds is 5. The molecule has 0 aliphatic heterocycles. The van der Waals surface area contributed by atoms with Crippen molar-refractivity contribution in [3.8, 4) is 12.3 Å². The largest absolute Gasteiger partial charge is 0.305 e. The highest BCUT2D eigenvalue weighted by Gasteiger charge is 2.12.